The number of anilines is 1. The summed E-state index contributed by atoms with van der Waals surface area (Å²) in [5.41, 5.74) is -0.207. The number of carbonyl (C=O) groups is 2. The smallest absolute Gasteiger partial charge is 0.337 e. The number of carbonyl (C=O) groups excluding carboxylic acids is 1. The van der Waals surface area contributed by atoms with Gasteiger partial charge in [-0.15, -0.1) is 0 Å². The van der Waals surface area contributed by atoms with E-state index in [1.807, 2.05) is 6.92 Å². The number of benzene rings is 1. The number of rotatable bonds is 2. The summed E-state index contributed by atoms with van der Waals surface area (Å²) in [5, 5.41) is 11.5. The largest absolute Gasteiger partial charge is 0.478 e. The SMILES string of the molecule is CC1COCCN1C(=O)Nc1ccc(F)cc1C(=O)O. The van der Waals surface area contributed by atoms with Crippen LogP contribution in [0.4, 0.5) is 14.9 Å². The van der Waals surface area contributed by atoms with Gasteiger partial charge in [0.2, 0.25) is 0 Å². The van der Waals surface area contributed by atoms with E-state index in [2.05, 4.69) is 5.32 Å². The van der Waals surface area contributed by atoms with Gasteiger partial charge in [-0.3, -0.25) is 0 Å². The number of amides is 2. The standard InChI is InChI=1S/C13H15FN2O4/c1-8-7-20-5-4-16(8)13(19)15-11-3-2-9(14)6-10(11)12(17)18/h2-3,6,8H,4-5,7H2,1H3,(H,15,19)(H,17,18). The maximum Gasteiger partial charge on any atom is 0.337 e. The average molecular weight is 282 g/mol. The zero-order chi connectivity index (χ0) is 14.7. The Balaban J connectivity index is 2.17. The Hall–Kier alpha value is -2.15. The fourth-order valence-corrected chi connectivity index (χ4v) is 2.02. The molecule has 6 nitrogen and oxygen atoms in total. The lowest BCUT2D eigenvalue weighted by Gasteiger charge is -2.33. The normalized spacial score (nSPS) is 18.7. The molecule has 0 aliphatic carbocycles. The van der Waals surface area contributed by atoms with Crippen LogP contribution in [0.15, 0.2) is 18.2 Å². The number of carboxylic acids is 1. The fourth-order valence-electron chi connectivity index (χ4n) is 2.02. The van der Waals surface area contributed by atoms with Crippen LogP contribution in [-0.4, -0.2) is 47.8 Å². The van der Waals surface area contributed by atoms with Crippen LogP contribution < -0.4 is 5.32 Å². The third-order valence-electron chi connectivity index (χ3n) is 3.08. The van der Waals surface area contributed by atoms with Gasteiger partial charge in [0, 0.05) is 6.54 Å². The lowest BCUT2D eigenvalue weighted by Crippen LogP contribution is -2.49. The molecule has 108 valence electrons. The molecule has 0 aromatic heterocycles. The number of ether oxygens (including phenoxy) is 1. The molecule has 1 aromatic rings. The van der Waals surface area contributed by atoms with E-state index >= 15 is 0 Å². The van der Waals surface area contributed by atoms with Gasteiger partial charge in [0.05, 0.1) is 30.5 Å². The Bertz CT molecular complexity index is 535. The molecule has 1 saturated heterocycles. The number of aromatic carboxylic acids is 1. The number of nitrogens with zero attached hydrogens (tertiary/aromatic N) is 1. The Kier molecular flexibility index (Phi) is 4.19. The van der Waals surface area contributed by atoms with E-state index in [0.717, 1.165) is 12.1 Å². The molecule has 1 aliphatic rings. The van der Waals surface area contributed by atoms with Crippen LogP contribution in [0.25, 0.3) is 0 Å². The number of halogens is 1. The van der Waals surface area contributed by atoms with Gasteiger partial charge < -0.3 is 20.1 Å². The van der Waals surface area contributed by atoms with Crippen LogP contribution in [0.2, 0.25) is 0 Å². The van der Waals surface area contributed by atoms with Crippen LogP contribution in [0.3, 0.4) is 0 Å². The molecule has 1 atom stereocenters. The van der Waals surface area contributed by atoms with E-state index in [9.17, 15) is 14.0 Å². The summed E-state index contributed by atoms with van der Waals surface area (Å²) < 4.78 is 18.3. The molecule has 2 rings (SSSR count). The number of carboxylic acid groups (broad SMARTS) is 1. The monoisotopic (exact) mass is 282 g/mol. The lowest BCUT2D eigenvalue weighted by atomic mass is 10.1. The Morgan fingerprint density at radius 1 is 1.50 bits per heavy atom. The molecule has 7 heteroatoms. The van der Waals surface area contributed by atoms with Crippen molar-refractivity contribution < 1.29 is 23.8 Å². The average Bonchev–Trinajstić information content (AvgIpc) is 2.41. The maximum atomic E-state index is 13.1. The number of hydrogen-bond donors (Lipinski definition) is 2. The molecule has 1 aromatic carbocycles. The summed E-state index contributed by atoms with van der Waals surface area (Å²) in [7, 11) is 0. The highest BCUT2D eigenvalue weighted by atomic mass is 19.1. The molecule has 0 bridgehead atoms. The van der Waals surface area contributed by atoms with Crippen molar-refractivity contribution in [1.82, 2.24) is 4.90 Å². The molecule has 20 heavy (non-hydrogen) atoms. The molecule has 1 unspecified atom stereocenters. The van der Waals surface area contributed by atoms with Gasteiger partial charge in [-0.2, -0.15) is 0 Å². The molecular weight excluding hydrogens is 267 g/mol. The van der Waals surface area contributed by atoms with Gasteiger partial charge in [-0.1, -0.05) is 0 Å². The van der Waals surface area contributed by atoms with Crippen molar-refractivity contribution in [2.24, 2.45) is 0 Å². The van der Waals surface area contributed by atoms with Gasteiger partial charge in [-0.25, -0.2) is 14.0 Å². The topological polar surface area (TPSA) is 78.9 Å². The highest BCUT2D eigenvalue weighted by Crippen LogP contribution is 2.18. The van der Waals surface area contributed by atoms with Crippen molar-refractivity contribution in [3.05, 3.63) is 29.6 Å². The second-order valence-corrected chi connectivity index (χ2v) is 4.54. The summed E-state index contributed by atoms with van der Waals surface area (Å²) in [5.74, 6) is -1.96. The minimum atomic E-state index is -1.30. The summed E-state index contributed by atoms with van der Waals surface area (Å²) in [6, 6.07) is 2.69. The number of urea groups is 1. The Morgan fingerprint density at radius 2 is 2.25 bits per heavy atom. The Labute approximate surface area is 115 Å². The fraction of sp³-hybridized carbons (Fsp3) is 0.385. The first kappa shape index (κ1) is 14.3. The lowest BCUT2D eigenvalue weighted by molar-refractivity contribution is 0.0221. The predicted octanol–water partition coefficient (Wildman–Crippen LogP) is 1.78. The summed E-state index contributed by atoms with van der Waals surface area (Å²) in [6.07, 6.45) is 0. The highest BCUT2D eigenvalue weighted by Gasteiger charge is 2.24. The molecule has 0 spiro atoms. The van der Waals surface area contributed by atoms with E-state index in [1.54, 1.807) is 4.90 Å². The quantitative estimate of drug-likeness (QED) is 0.866. The van der Waals surface area contributed by atoms with Crippen molar-refractivity contribution in [2.75, 3.05) is 25.1 Å². The molecule has 2 N–H and O–H groups in total. The first-order chi connectivity index (χ1) is 9.49. The van der Waals surface area contributed by atoms with E-state index in [1.165, 1.54) is 6.07 Å². The maximum absolute atomic E-state index is 13.1. The number of morpholine rings is 1. The summed E-state index contributed by atoms with van der Waals surface area (Å²) in [6.45, 7) is 3.13. The van der Waals surface area contributed by atoms with Crippen molar-refractivity contribution in [3.8, 4) is 0 Å². The van der Waals surface area contributed by atoms with E-state index in [4.69, 9.17) is 9.84 Å². The summed E-state index contributed by atoms with van der Waals surface area (Å²) in [4.78, 5) is 24.7. The van der Waals surface area contributed by atoms with E-state index in [-0.39, 0.29) is 17.3 Å². The van der Waals surface area contributed by atoms with Gasteiger partial charge in [0.15, 0.2) is 0 Å². The van der Waals surface area contributed by atoms with E-state index < -0.39 is 17.8 Å². The molecular formula is C13H15FN2O4. The van der Waals surface area contributed by atoms with Gasteiger partial charge in [0.25, 0.3) is 0 Å². The molecule has 1 aliphatic heterocycles. The molecule has 1 heterocycles. The molecule has 0 saturated carbocycles. The molecule has 2 amide bonds. The first-order valence-corrected chi connectivity index (χ1v) is 6.17. The summed E-state index contributed by atoms with van der Waals surface area (Å²) >= 11 is 0. The van der Waals surface area contributed by atoms with Crippen molar-refractivity contribution >= 4 is 17.7 Å². The van der Waals surface area contributed by atoms with Crippen LogP contribution in [0, 0.1) is 5.82 Å². The number of hydrogen-bond acceptors (Lipinski definition) is 3. The van der Waals surface area contributed by atoms with Gasteiger partial charge in [0.1, 0.15) is 5.82 Å². The predicted molar refractivity (Wildman–Crippen MR) is 69.4 cm³/mol. The van der Waals surface area contributed by atoms with Gasteiger partial charge >= 0.3 is 12.0 Å². The van der Waals surface area contributed by atoms with Crippen LogP contribution in [0.1, 0.15) is 17.3 Å². The van der Waals surface area contributed by atoms with Crippen molar-refractivity contribution in [1.29, 1.82) is 0 Å². The zero-order valence-corrected chi connectivity index (χ0v) is 10.9. The van der Waals surface area contributed by atoms with Crippen LogP contribution >= 0.6 is 0 Å². The molecule has 1 fully saturated rings. The van der Waals surface area contributed by atoms with Crippen molar-refractivity contribution in [3.63, 3.8) is 0 Å². The van der Waals surface area contributed by atoms with Crippen molar-refractivity contribution in [2.45, 2.75) is 13.0 Å². The van der Waals surface area contributed by atoms with E-state index in [0.29, 0.717) is 19.8 Å². The minimum absolute atomic E-state index is 0.0718. The van der Waals surface area contributed by atoms with Gasteiger partial charge in [-0.05, 0) is 25.1 Å². The van der Waals surface area contributed by atoms with Crippen LogP contribution in [0.5, 0.6) is 0 Å². The zero-order valence-electron chi connectivity index (χ0n) is 10.9. The third kappa shape index (κ3) is 3.05. The number of nitrogens with one attached hydrogen (secondary N) is 1. The first-order valence-electron chi connectivity index (χ1n) is 6.17. The Morgan fingerprint density at radius 3 is 2.90 bits per heavy atom. The second kappa shape index (κ2) is 5.87. The second-order valence-electron chi connectivity index (χ2n) is 4.54. The van der Waals surface area contributed by atoms with Crippen LogP contribution in [-0.2, 0) is 4.74 Å². The highest BCUT2D eigenvalue weighted by molar-refractivity contribution is 6.00. The molecule has 0 radical (unpaired) electrons. The minimum Gasteiger partial charge on any atom is -0.478 e. The third-order valence-corrected chi connectivity index (χ3v) is 3.08.